The third-order valence-electron chi connectivity index (χ3n) is 6.15. The van der Waals surface area contributed by atoms with E-state index in [-0.39, 0.29) is 16.7 Å². The summed E-state index contributed by atoms with van der Waals surface area (Å²) in [4.78, 5) is 10.9. The lowest BCUT2D eigenvalue weighted by atomic mass is 9.95. The van der Waals surface area contributed by atoms with Crippen LogP contribution in [0.1, 0.15) is 35.4 Å². The maximum Gasteiger partial charge on any atom is 0.269 e. The first kappa shape index (κ1) is 18.6. The minimum atomic E-state index is -0.534. The molecule has 0 radical (unpaired) electrons. The number of ether oxygens (including phenoxy) is 1. The smallest absolute Gasteiger partial charge is 0.269 e. The molecule has 0 fully saturated rings. The monoisotopic (exact) mass is 421 g/mol. The number of nitro groups is 1. The predicted octanol–water partition coefficient (Wildman–Crippen LogP) is 5.99. The number of para-hydroxylation sites is 1. The molecule has 2 aliphatic heterocycles. The van der Waals surface area contributed by atoms with Gasteiger partial charge in [0.15, 0.2) is 0 Å². The molecule has 156 valence electrons. The lowest BCUT2D eigenvalue weighted by Crippen LogP contribution is -2.33. The standard InChI is InChI=1S/C26H19N3O3/c30-29(31)21-9-5-8-20(15-21)26-28-24(22-10-3-4-11-25(22)32-26)16-23(27-28)19-13-12-17-6-1-2-7-18(17)14-19/h1-15,24,26H,16H2/t24-,26+/m1/s1. The van der Waals surface area contributed by atoms with Crippen molar-refractivity contribution >= 4 is 22.2 Å². The fraction of sp³-hybridized carbons (Fsp3) is 0.115. The minimum Gasteiger partial charge on any atom is -0.464 e. The number of non-ortho nitro benzene ring substituents is 1. The molecule has 0 saturated carbocycles. The lowest BCUT2D eigenvalue weighted by molar-refractivity contribution is -0.385. The van der Waals surface area contributed by atoms with Gasteiger partial charge < -0.3 is 4.74 Å². The average molecular weight is 421 g/mol. The van der Waals surface area contributed by atoms with Gasteiger partial charge in [0.1, 0.15) is 5.75 Å². The van der Waals surface area contributed by atoms with Gasteiger partial charge in [-0.1, -0.05) is 66.7 Å². The van der Waals surface area contributed by atoms with Crippen LogP contribution < -0.4 is 4.74 Å². The Morgan fingerprint density at radius 2 is 1.72 bits per heavy atom. The Morgan fingerprint density at radius 1 is 0.906 bits per heavy atom. The Labute approximate surface area is 184 Å². The molecule has 4 aromatic carbocycles. The van der Waals surface area contributed by atoms with Crippen molar-refractivity contribution in [3.63, 3.8) is 0 Å². The van der Waals surface area contributed by atoms with Crippen molar-refractivity contribution in [1.29, 1.82) is 0 Å². The Bertz CT molecular complexity index is 1400. The Balaban J connectivity index is 1.45. The predicted molar refractivity (Wildman–Crippen MR) is 123 cm³/mol. The van der Waals surface area contributed by atoms with Crippen LogP contribution in [0.2, 0.25) is 0 Å². The molecule has 6 heteroatoms. The largest absolute Gasteiger partial charge is 0.464 e. The second-order valence-corrected chi connectivity index (χ2v) is 8.07. The number of rotatable bonds is 3. The Morgan fingerprint density at radius 3 is 2.59 bits per heavy atom. The maximum absolute atomic E-state index is 11.3. The number of nitrogens with zero attached hydrogens (tertiary/aromatic N) is 3. The van der Waals surface area contributed by atoms with Crippen LogP contribution >= 0.6 is 0 Å². The lowest BCUT2D eigenvalue weighted by Gasteiger charge is -2.38. The number of fused-ring (bicyclic) bond motifs is 4. The van der Waals surface area contributed by atoms with Gasteiger partial charge in [0.25, 0.3) is 5.69 Å². The van der Waals surface area contributed by atoms with Crippen LogP contribution in [-0.4, -0.2) is 15.6 Å². The van der Waals surface area contributed by atoms with E-state index < -0.39 is 6.23 Å². The van der Waals surface area contributed by atoms with Crippen LogP contribution in [0.25, 0.3) is 10.8 Å². The third-order valence-corrected chi connectivity index (χ3v) is 6.15. The van der Waals surface area contributed by atoms with Gasteiger partial charge in [-0.3, -0.25) is 10.1 Å². The third kappa shape index (κ3) is 3.00. The molecule has 32 heavy (non-hydrogen) atoms. The summed E-state index contributed by atoms with van der Waals surface area (Å²) >= 11 is 0. The zero-order valence-corrected chi connectivity index (χ0v) is 17.1. The zero-order chi connectivity index (χ0) is 21.7. The van der Waals surface area contributed by atoms with Crippen LogP contribution in [0.15, 0.2) is 96.1 Å². The van der Waals surface area contributed by atoms with Gasteiger partial charge in [-0.05, 0) is 28.5 Å². The van der Waals surface area contributed by atoms with E-state index in [9.17, 15) is 10.1 Å². The second-order valence-electron chi connectivity index (χ2n) is 8.07. The van der Waals surface area contributed by atoms with Crippen molar-refractivity contribution in [2.24, 2.45) is 5.10 Å². The Hall–Kier alpha value is -4.19. The molecular formula is C26H19N3O3. The summed E-state index contributed by atoms with van der Waals surface area (Å²) in [5.74, 6) is 0.792. The average Bonchev–Trinajstić information content (AvgIpc) is 3.29. The van der Waals surface area contributed by atoms with Gasteiger partial charge in [0, 0.05) is 29.7 Å². The van der Waals surface area contributed by atoms with Crippen LogP contribution in [-0.2, 0) is 0 Å². The van der Waals surface area contributed by atoms with Crippen molar-refractivity contribution in [2.75, 3.05) is 0 Å². The van der Waals surface area contributed by atoms with Crippen molar-refractivity contribution in [3.8, 4) is 5.75 Å². The number of benzene rings is 4. The van der Waals surface area contributed by atoms with Crippen molar-refractivity contribution in [2.45, 2.75) is 18.7 Å². The highest BCUT2D eigenvalue weighted by atomic mass is 16.6. The summed E-state index contributed by atoms with van der Waals surface area (Å²) in [6, 6.07) is 29.2. The minimum absolute atomic E-state index is 0.00526. The fourth-order valence-corrected chi connectivity index (χ4v) is 4.59. The highest BCUT2D eigenvalue weighted by Crippen LogP contribution is 2.47. The quantitative estimate of drug-likeness (QED) is 0.301. The van der Waals surface area contributed by atoms with E-state index in [1.54, 1.807) is 12.1 Å². The molecule has 0 aliphatic carbocycles. The summed E-state index contributed by atoms with van der Waals surface area (Å²) in [6.07, 6.45) is 0.206. The number of hydrogen-bond acceptors (Lipinski definition) is 5. The van der Waals surface area contributed by atoms with Gasteiger partial charge in [0.05, 0.1) is 16.7 Å². The Kier molecular flexibility index (Phi) is 4.18. The summed E-state index contributed by atoms with van der Waals surface area (Å²) in [7, 11) is 0. The highest BCUT2D eigenvalue weighted by Gasteiger charge is 2.41. The van der Waals surface area contributed by atoms with E-state index in [2.05, 4.69) is 36.4 Å². The summed E-state index contributed by atoms with van der Waals surface area (Å²) < 4.78 is 6.32. The molecule has 0 bridgehead atoms. The molecule has 0 unspecified atom stereocenters. The SMILES string of the molecule is O=[N+]([O-])c1cccc([C@@H]2Oc3ccccc3[C@H]3CC(c4ccc5ccccc5c4)=NN32)c1. The molecular weight excluding hydrogens is 402 g/mol. The molecule has 6 rings (SSSR count). The topological polar surface area (TPSA) is 68.0 Å². The first-order chi connectivity index (χ1) is 15.7. The number of hydrogen-bond donors (Lipinski definition) is 0. The molecule has 6 nitrogen and oxygen atoms in total. The van der Waals surface area contributed by atoms with Crippen LogP contribution in [0.5, 0.6) is 5.75 Å². The molecule has 0 spiro atoms. The molecule has 2 atom stereocenters. The van der Waals surface area contributed by atoms with E-state index in [1.807, 2.05) is 41.4 Å². The van der Waals surface area contributed by atoms with Gasteiger partial charge in [0.2, 0.25) is 6.23 Å². The van der Waals surface area contributed by atoms with Crippen molar-refractivity contribution < 1.29 is 9.66 Å². The molecule has 0 amide bonds. The highest BCUT2D eigenvalue weighted by molar-refractivity contribution is 6.04. The molecule has 2 aliphatic rings. The first-order valence-corrected chi connectivity index (χ1v) is 10.5. The fourth-order valence-electron chi connectivity index (χ4n) is 4.59. The molecule has 2 heterocycles. The van der Waals surface area contributed by atoms with Gasteiger partial charge >= 0.3 is 0 Å². The van der Waals surface area contributed by atoms with Crippen molar-refractivity contribution in [1.82, 2.24) is 5.01 Å². The normalized spacial score (nSPS) is 19.1. The molecule has 0 saturated heterocycles. The zero-order valence-electron chi connectivity index (χ0n) is 17.1. The molecule has 0 aromatic heterocycles. The van der Waals surface area contributed by atoms with E-state index in [0.29, 0.717) is 5.56 Å². The van der Waals surface area contributed by atoms with Crippen LogP contribution in [0.3, 0.4) is 0 Å². The van der Waals surface area contributed by atoms with E-state index in [1.165, 1.54) is 16.8 Å². The van der Waals surface area contributed by atoms with Gasteiger partial charge in [-0.25, -0.2) is 5.01 Å². The van der Waals surface area contributed by atoms with Crippen LogP contribution in [0.4, 0.5) is 5.69 Å². The van der Waals surface area contributed by atoms with E-state index in [4.69, 9.17) is 9.84 Å². The van der Waals surface area contributed by atoms with Gasteiger partial charge in [-0.15, -0.1) is 0 Å². The molecule has 4 aromatic rings. The second kappa shape index (κ2) is 7.20. The summed E-state index contributed by atoms with van der Waals surface area (Å²) in [5, 5.41) is 20.6. The van der Waals surface area contributed by atoms with E-state index in [0.717, 1.165) is 29.0 Å². The number of hydrazone groups is 1. The first-order valence-electron chi connectivity index (χ1n) is 10.5. The molecule has 0 N–H and O–H groups in total. The summed E-state index contributed by atoms with van der Waals surface area (Å²) in [5.41, 5.74) is 3.89. The van der Waals surface area contributed by atoms with E-state index >= 15 is 0 Å². The maximum atomic E-state index is 11.3. The summed E-state index contributed by atoms with van der Waals surface area (Å²) in [6.45, 7) is 0. The number of nitro benzene ring substituents is 1. The van der Waals surface area contributed by atoms with Gasteiger partial charge in [-0.2, -0.15) is 5.10 Å². The van der Waals surface area contributed by atoms with Crippen LogP contribution in [0, 0.1) is 10.1 Å². The van der Waals surface area contributed by atoms with Crippen molar-refractivity contribution in [3.05, 3.63) is 118 Å².